The van der Waals surface area contributed by atoms with Crippen LogP contribution in [0.2, 0.25) is 0 Å². The SMILES string of the molecule is Cc1ccc(N(c2ccc(/C=C/C=C(c3ccccc3)c3ccccc3)cc2)c2ccc(/C=C/C=C(c3ccccc3)c3ccccc3)c3ccccc23)cc1. The largest absolute Gasteiger partial charge is 0.310 e. The topological polar surface area (TPSA) is 3.24 Å². The van der Waals surface area contributed by atoms with E-state index in [1.165, 1.54) is 55.3 Å². The molecule has 268 valence electrons. The van der Waals surface area contributed by atoms with Crippen molar-refractivity contribution in [2.75, 3.05) is 4.90 Å². The van der Waals surface area contributed by atoms with Crippen LogP contribution in [-0.2, 0) is 0 Å². The molecule has 0 N–H and O–H groups in total. The normalized spacial score (nSPS) is 11.2. The number of benzene rings is 8. The van der Waals surface area contributed by atoms with E-state index in [2.05, 4.69) is 255 Å². The molecule has 0 heterocycles. The first kappa shape index (κ1) is 35.8. The first-order valence-corrected chi connectivity index (χ1v) is 19.2. The summed E-state index contributed by atoms with van der Waals surface area (Å²) in [6, 6.07) is 73.2. The fourth-order valence-electron chi connectivity index (χ4n) is 7.19. The third kappa shape index (κ3) is 8.29. The number of rotatable bonds is 11. The zero-order valence-electron chi connectivity index (χ0n) is 31.5. The lowest BCUT2D eigenvalue weighted by atomic mass is 9.97. The summed E-state index contributed by atoms with van der Waals surface area (Å²) in [4.78, 5) is 2.37. The minimum atomic E-state index is 1.10. The zero-order valence-corrected chi connectivity index (χ0v) is 31.5. The van der Waals surface area contributed by atoms with Crippen LogP contribution < -0.4 is 4.90 Å². The number of fused-ring (bicyclic) bond motifs is 1. The summed E-state index contributed by atoms with van der Waals surface area (Å²) in [5, 5.41) is 2.39. The monoisotopic (exact) mass is 717 g/mol. The van der Waals surface area contributed by atoms with Crippen molar-refractivity contribution in [3.8, 4) is 0 Å². The summed E-state index contributed by atoms with van der Waals surface area (Å²) >= 11 is 0. The molecular formula is C55H43N. The van der Waals surface area contributed by atoms with Gasteiger partial charge in [0.25, 0.3) is 0 Å². The van der Waals surface area contributed by atoms with Gasteiger partial charge >= 0.3 is 0 Å². The van der Waals surface area contributed by atoms with Crippen LogP contribution in [0.15, 0.2) is 231 Å². The Balaban J connectivity index is 1.14. The highest BCUT2D eigenvalue weighted by atomic mass is 15.1. The minimum absolute atomic E-state index is 1.10. The van der Waals surface area contributed by atoms with Gasteiger partial charge in [-0.2, -0.15) is 0 Å². The second-order valence-corrected chi connectivity index (χ2v) is 13.8. The molecular weight excluding hydrogens is 675 g/mol. The Hall–Kier alpha value is -7.22. The van der Waals surface area contributed by atoms with E-state index in [1.807, 2.05) is 0 Å². The van der Waals surface area contributed by atoms with Gasteiger partial charge in [-0.3, -0.25) is 0 Å². The van der Waals surface area contributed by atoms with Gasteiger partial charge in [0.15, 0.2) is 0 Å². The fourth-order valence-corrected chi connectivity index (χ4v) is 7.19. The second-order valence-electron chi connectivity index (χ2n) is 13.8. The van der Waals surface area contributed by atoms with Crippen LogP contribution in [0.1, 0.15) is 38.9 Å². The van der Waals surface area contributed by atoms with Crippen molar-refractivity contribution in [3.63, 3.8) is 0 Å². The van der Waals surface area contributed by atoms with Gasteiger partial charge in [-0.15, -0.1) is 0 Å². The maximum absolute atomic E-state index is 2.37. The molecule has 0 unspecified atom stereocenters. The van der Waals surface area contributed by atoms with Gasteiger partial charge in [-0.25, -0.2) is 0 Å². The number of nitrogens with zero attached hydrogens (tertiary/aromatic N) is 1. The molecule has 0 bridgehead atoms. The Morgan fingerprint density at radius 3 is 1.27 bits per heavy atom. The van der Waals surface area contributed by atoms with E-state index in [0.29, 0.717) is 0 Å². The van der Waals surface area contributed by atoms with Crippen LogP contribution in [0.5, 0.6) is 0 Å². The number of allylic oxidation sites excluding steroid dienone is 4. The number of anilines is 3. The Labute approximate surface area is 331 Å². The zero-order chi connectivity index (χ0) is 37.9. The summed E-state index contributed by atoms with van der Waals surface area (Å²) in [5.41, 5.74) is 14.1. The molecule has 0 fully saturated rings. The van der Waals surface area contributed by atoms with Crippen molar-refractivity contribution in [1.29, 1.82) is 0 Å². The van der Waals surface area contributed by atoms with Gasteiger partial charge in [0.1, 0.15) is 0 Å². The molecule has 0 aromatic heterocycles. The molecule has 0 aliphatic carbocycles. The summed E-state index contributed by atoms with van der Waals surface area (Å²) in [6.45, 7) is 2.14. The summed E-state index contributed by atoms with van der Waals surface area (Å²) in [6.07, 6.45) is 13.2. The van der Waals surface area contributed by atoms with E-state index in [1.54, 1.807) is 0 Å². The second kappa shape index (κ2) is 17.3. The fraction of sp³-hybridized carbons (Fsp3) is 0.0182. The van der Waals surface area contributed by atoms with Gasteiger partial charge in [0.05, 0.1) is 5.69 Å². The van der Waals surface area contributed by atoms with Gasteiger partial charge in [0.2, 0.25) is 0 Å². The van der Waals surface area contributed by atoms with Crippen molar-refractivity contribution in [3.05, 3.63) is 270 Å². The maximum Gasteiger partial charge on any atom is 0.0540 e. The molecule has 8 aromatic carbocycles. The van der Waals surface area contributed by atoms with E-state index in [9.17, 15) is 0 Å². The number of hydrogen-bond donors (Lipinski definition) is 0. The molecule has 0 aliphatic heterocycles. The molecule has 56 heavy (non-hydrogen) atoms. The molecule has 0 aliphatic rings. The summed E-state index contributed by atoms with van der Waals surface area (Å²) < 4.78 is 0. The van der Waals surface area contributed by atoms with Crippen LogP contribution in [0.25, 0.3) is 34.1 Å². The van der Waals surface area contributed by atoms with Crippen molar-refractivity contribution < 1.29 is 0 Å². The van der Waals surface area contributed by atoms with Gasteiger partial charge < -0.3 is 4.90 Å². The predicted molar refractivity (Wildman–Crippen MR) is 241 cm³/mol. The molecule has 8 rings (SSSR count). The minimum Gasteiger partial charge on any atom is -0.310 e. The highest BCUT2D eigenvalue weighted by Crippen LogP contribution is 2.40. The van der Waals surface area contributed by atoms with Crippen LogP contribution in [0, 0.1) is 6.92 Å². The standard InChI is InChI=1S/C55H43N/c1-42-32-37-49(38-33-42)56(50-39-34-43(35-40-50)18-16-30-51(44-19-6-2-7-20-44)45-21-8-3-9-22-45)55-41-36-48(53-28-14-15-29-54(53)55)27-17-31-52(46-23-10-4-11-24-46)47-25-12-5-13-26-47/h2-41H,1H3/b18-16+,27-17+. The van der Waals surface area contributed by atoms with Crippen LogP contribution in [-0.4, -0.2) is 0 Å². The van der Waals surface area contributed by atoms with E-state index in [0.717, 1.165) is 22.6 Å². The highest BCUT2D eigenvalue weighted by Gasteiger charge is 2.16. The molecule has 8 aromatic rings. The Morgan fingerprint density at radius 1 is 0.375 bits per heavy atom. The van der Waals surface area contributed by atoms with Crippen molar-refractivity contribution in [2.45, 2.75) is 6.92 Å². The lowest BCUT2D eigenvalue weighted by Crippen LogP contribution is -2.10. The maximum atomic E-state index is 2.37. The van der Waals surface area contributed by atoms with Crippen LogP contribution in [0.4, 0.5) is 17.1 Å². The Kier molecular flexibility index (Phi) is 11.0. The molecule has 1 nitrogen and oxygen atoms in total. The molecule has 0 spiro atoms. The Bertz CT molecular complexity index is 2550. The van der Waals surface area contributed by atoms with E-state index in [4.69, 9.17) is 0 Å². The van der Waals surface area contributed by atoms with E-state index >= 15 is 0 Å². The molecule has 0 amide bonds. The average Bonchev–Trinajstić information content (AvgIpc) is 3.27. The quantitative estimate of drug-likeness (QED) is 0.120. The molecule has 0 radical (unpaired) electrons. The molecule has 0 saturated carbocycles. The molecule has 0 atom stereocenters. The smallest absolute Gasteiger partial charge is 0.0540 e. The van der Waals surface area contributed by atoms with E-state index < -0.39 is 0 Å². The van der Waals surface area contributed by atoms with E-state index in [-0.39, 0.29) is 0 Å². The van der Waals surface area contributed by atoms with Crippen molar-refractivity contribution in [2.24, 2.45) is 0 Å². The Morgan fingerprint density at radius 2 is 0.786 bits per heavy atom. The first-order chi connectivity index (χ1) is 27.7. The van der Waals surface area contributed by atoms with Crippen LogP contribution >= 0.6 is 0 Å². The number of aryl methyl sites for hydroxylation is 1. The highest BCUT2D eigenvalue weighted by molar-refractivity contribution is 6.03. The predicted octanol–water partition coefficient (Wildman–Crippen LogP) is 14.9. The van der Waals surface area contributed by atoms with Gasteiger partial charge in [-0.05, 0) is 87.2 Å². The molecule has 1 heteroatoms. The van der Waals surface area contributed by atoms with Gasteiger partial charge in [-0.1, -0.05) is 218 Å². The van der Waals surface area contributed by atoms with Crippen molar-refractivity contribution in [1.82, 2.24) is 0 Å². The molecule has 0 saturated heterocycles. The third-order valence-corrected chi connectivity index (χ3v) is 10.0. The van der Waals surface area contributed by atoms with Gasteiger partial charge in [0, 0.05) is 16.8 Å². The number of hydrogen-bond acceptors (Lipinski definition) is 1. The first-order valence-electron chi connectivity index (χ1n) is 19.2. The lowest BCUT2D eigenvalue weighted by molar-refractivity contribution is 1.29. The van der Waals surface area contributed by atoms with Crippen molar-refractivity contribution >= 4 is 51.1 Å². The third-order valence-electron chi connectivity index (χ3n) is 10.0. The lowest BCUT2D eigenvalue weighted by Gasteiger charge is -2.27. The summed E-state index contributed by atoms with van der Waals surface area (Å²) in [7, 11) is 0. The van der Waals surface area contributed by atoms with Crippen LogP contribution in [0.3, 0.4) is 0 Å². The average molecular weight is 718 g/mol. The summed E-state index contributed by atoms with van der Waals surface area (Å²) in [5.74, 6) is 0.